The van der Waals surface area contributed by atoms with Gasteiger partial charge in [-0.05, 0) is 57.9 Å². The average Bonchev–Trinajstić information content (AvgIpc) is 2.95. The summed E-state index contributed by atoms with van der Waals surface area (Å²) in [5.41, 5.74) is 3.05. The summed E-state index contributed by atoms with van der Waals surface area (Å²) in [5, 5.41) is 3.61. The molecule has 1 N–H and O–H groups in total. The summed E-state index contributed by atoms with van der Waals surface area (Å²) < 4.78 is 0. The van der Waals surface area contributed by atoms with Gasteiger partial charge in [0.1, 0.15) is 0 Å². The normalized spacial score (nSPS) is 18.1. The first kappa shape index (κ1) is 18.5. The highest BCUT2D eigenvalue weighted by atomic mass is 14.9. The zero-order chi connectivity index (χ0) is 15.5. The summed E-state index contributed by atoms with van der Waals surface area (Å²) >= 11 is 0. The minimum absolute atomic E-state index is 0.576. The van der Waals surface area contributed by atoms with E-state index in [4.69, 9.17) is 0 Å². The third-order valence-electron chi connectivity index (χ3n) is 4.72. The zero-order valence-corrected chi connectivity index (χ0v) is 14.7. The molecule has 0 heterocycles. The van der Waals surface area contributed by atoms with Crippen LogP contribution in [0.1, 0.15) is 85.0 Å². The maximum absolute atomic E-state index is 4.02. The van der Waals surface area contributed by atoms with E-state index >= 15 is 0 Å². The summed E-state index contributed by atoms with van der Waals surface area (Å²) in [6.45, 7) is 11.7. The van der Waals surface area contributed by atoms with Gasteiger partial charge < -0.3 is 5.32 Å². The fourth-order valence-corrected chi connectivity index (χ4v) is 3.49. The molecule has 1 unspecified atom stereocenters. The van der Waals surface area contributed by atoms with Gasteiger partial charge in [0.05, 0.1) is 0 Å². The number of unbranched alkanes of at least 4 members (excludes halogenated alkanes) is 1. The van der Waals surface area contributed by atoms with E-state index in [1.807, 2.05) is 0 Å². The van der Waals surface area contributed by atoms with E-state index < -0.39 is 0 Å². The maximum atomic E-state index is 4.02. The highest BCUT2D eigenvalue weighted by Gasteiger charge is 2.17. The maximum Gasteiger partial charge on any atom is 0.0249 e. The molecule has 21 heavy (non-hydrogen) atoms. The second-order valence-electron chi connectivity index (χ2n) is 6.92. The topological polar surface area (TPSA) is 12.0 Å². The van der Waals surface area contributed by atoms with Crippen molar-refractivity contribution in [1.29, 1.82) is 0 Å². The van der Waals surface area contributed by atoms with E-state index in [0.717, 1.165) is 12.5 Å². The molecule has 0 bridgehead atoms. The summed E-state index contributed by atoms with van der Waals surface area (Å²) in [5.74, 6) is 0.969. The molecule has 122 valence electrons. The Morgan fingerprint density at radius 1 is 1.19 bits per heavy atom. The fourth-order valence-electron chi connectivity index (χ4n) is 3.49. The van der Waals surface area contributed by atoms with Gasteiger partial charge in [0.25, 0.3) is 0 Å². The molecule has 0 radical (unpaired) electrons. The molecule has 1 rings (SSSR count). The van der Waals surface area contributed by atoms with E-state index in [-0.39, 0.29) is 0 Å². The van der Waals surface area contributed by atoms with Crippen molar-refractivity contribution in [3.05, 3.63) is 23.8 Å². The number of likely N-dealkylation sites (N-methyl/N-ethyl adjacent to an activating group) is 1. The van der Waals surface area contributed by atoms with E-state index in [1.54, 1.807) is 5.57 Å². The Kier molecular flexibility index (Phi) is 9.74. The first-order chi connectivity index (χ1) is 10.2. The molecule has 0 spiro atoms. The quantitative estimate of drug-likeness (QED) is 0.362. The molecule has 1 heteroatoms. The molecule has 1 atom stereocenters. The molecule has 1 fully saturated rings. The Balaban J connectivity index is 2.50. The summed E-state index contributed by atoms with van der Waals surface area (Å²) in [7, 11) is 0. The van der Waals surface area contributed by atoms with E-state index in [0.29, 0.717) is 6.04 Å². The zero-order valence-electron chi connectivity index (χ0n) is 14.7. The lowest BCUT2D eigenvalue weighted by molar-refractivity contribution is 0.519. The molecule has 0 saturated heterocycles. The lowest BCUT2D eigenvalue weighted by Gasteiger charge is -2.18. The van der Waals surface area contributed by atoms with Gasteiger partial charge in [0.2, 0.25) is 0 Å². The predicted octanol–water partition coefficient (Wildman–Crippen LogP) is 6.02. The van der Waals surface area contributed by atoms with Gasteiger partial charge in [-0.1, -0.05) is 56.8 Å². The predicted molar refractivity (Wildman–Crippen MR) is 95.7 cm³/mol. The molecule has 0 aromatic carbocycles. The number of hydrogen-bond donors (Lipinski definition) is 1. The Labute approximate surface area is 133 Å². The third-order valence-corrected chi connectivity index (χ3v) is 4.72. The SMILES string of the molecule is C=C(C)CCCCC(=CC(CC)NCC)CC1CCCC1. The van der Waals surface area contributed by atoms with Crippen LogP contribution in [0.2, 0.25) is 0 Å². The number of allylic oxidation sites excluding steroid dienone is 2. The molecular formula is C20H37N. The standard InChI is InChI=1S/C20H37N/c1-5-20(21-6-2)16-19(14-8-7-11-17(3)4)15-18-12-9-10-13-18/h16,18,20-21H,3,5-15H2,1-2,4H3. The first-order valence-corrected chi connectivity index (χ1v) is 9.23. The molecule has 1 aliphatic rings. The van der Waals surface area contributed by atoms with Crippen LogP contribution in [-0.4, -0.2) is 12.6 Å². The molecule has 1 saturated carbocycles. The first-order valence-electron chi connectivity index (χ1n) is 9.23. The van der Waals surface area contributed by atoms with Crippen LogP contribution in [0.15, 0.2) is 23.8 Å². The van der Waals surface area contributed by atoms with Gasteiger partial charge in [-0.3, -0.25) is 0 Å². The average molecular weight is 292 g/mol. The van der Waals surface area contributed by atoms with E-state index in [1.165, 1.54) is 69.8 Å². The van der Waals surface area contributed by atoms with Gasteiger partial charge in [0, 0.05) is 6.04 Å². The minimum Gasteiger partial charge on any atom is -0.311 e. The van der Waals surface area contributed by atoms with Crippen LogP contribution < -0.4 is 5.32 Å². The molecule has 0 aromatic rings. The van der Waals surface area contributed by atoms with Gasteiger partial charge in [-0.2, -0.15) is 0 Å². The van der Waals surface area contributed by atoms with Crippen molar-refractivity contribution in [1.82, 2.24) is 5.32 Å². The summed E-state index contributed by atoms with van der Waals surface area (Å²) in [6.07, 6.45) is 16.1. The summed E-state index contributed by atoms with van der Waals surface area (Å²) in [6, 6.07) is 0.576. The Hall–Kier alpha value is -0.560. The number of nitrogens with one attached hydrogen (secondary N) is 1. The third kappa shape index (κ3) is 8.46. The van der Waals surface area contributed by atoms with Crippen molar-refractivity contribution in [3.63, 3.8) is 0 Å². The van der Waals surface area contributed by atoms with Crippen molar-refractivity contribution in [2.75, 3.05) is 6.54 Å². The molecule has 0 aliphatic heterocycles. The molecular weight excluding hydrogens is 254 g/mol. The lowest BCUT2D eigenvalue weighted by atomic mass is 9.92. The minimum atomic E-state index is 0.576. The van der Waals surface area contributed by atoms with Crippen molar-refractivity contribution < 1.29 is 0 Å². The molecule has 1 nitrogen and oxygen atoms in total. The molecule has 1 aliphatic carbocycles. The summed E-state index contributed by atoms with van der Waals surface area (Å²) in [4.78, 5) is 0. The van der Waals surface area contributed by atoms with Crippen molar-refractivity contribution in [3.8, 4) is 0 Å². The lowest BCUT2D eigenvalue weighted by Crippen LogP contribution is -2.26. The smallest absolute Gasteiger partial charge is 0.0249 e. The Morgan fingerprint density at radius 2 is 1.86 bits per heavy atom. The van der Waals surface area contributed by atoms with E-state index in [2.05, 4.69) is 38.7 Å². The fraction of sp³-hybridized carbons (Fsp3) is 0.800. The highest BCUT2D eigenvalue weighted by Crippen LogP contribution is 2.32. The van der Waals surface area contributed by atoms with Crippen LogP contribution in [0.25, 0.3) is 0 Å². The van der Waals surface area contributed by atoms with Crippen molar-refractivity contribution in [2.45, 2.75) is 91.0 Å². The van der Waals surface area contributed by atoms with Crippen LogP contribution in [0, 0.1) is 5.92 Å². The second-order valence-corrected chi connectivity index (χ2v) is 6.92. The van der Waals surface area contributed by atoms with Crippen LogP contribution in [0.3, 0.4) is 0 Å². The van der Waals surface area contributed by atoms with Gasteiger partial charge in [-0.15, -0.1) is 6.58 Å². The van der Waals surface area contributed by atoms with Crippen LogP contribution in [-0.2, 0) is 0 Å². The monoisotopic (exact) mass is 291 g/mol. The van der Waals surface area contributed by atoms with Crippen LogP contribution in [0.4, 0.5) is 0 Å². The van der Waals surface area contributed by atoms with Crippen LogP contribution >= 0.6 is 0 Å². The number of hydrogen-bond acceptors (Lipinski definition) is 1. The molecule has 0 aromatic heterocycles. The second kappa shape index (κ2) is 11.1. The highest BCUT2D eigenvalue weighted by molar-refractivity contribution is 5.08. The van der Waals surface area contributed by atoms with Gasteiger partial charge in [0.15, 0.2) is 0 Å². The van der Waals surface area contributed by atoms with Crippen molar-refractivity contribution in [2.24, 2.45) is 5.92 Å². The number of rotatable bonds is 11. The van der Waals surface area contributed by atoms with Crippen LogP contribution in [0.5, 0.6) is 0 Å². The van der Waals surface area contributed by atoms with Crippen molar-refractivity contribution >= 4 is 0 Å². The Bertz CT molecular complexity index is 310. The van der Waals surface area contributed by atoms with E-state index in [9.17, 15) is 0 Å². The Morgan fingerprint density at radius 3 is 2.43 bits per heavy atom. The van der Waals surface area contributed by atoms with Gasteiger partial charge >= 0.3 is 0 Å². The molecule has 0 amide bonds. The van der Waals surface area contributed by atoms with Gasteiger partial charge in [-0.25, -0.2) is 0 Å². The largest absolute Gasteiger partial charge is 0.311 e.